The van der Waals surface area contributed by atoms with E-state index in [4.69, 9.17) is 14.7 Å². The Bertz CT molecular complexity index is 1300. The largest absolute Gasteiger partial charge is 0.372 e. The highest BCUT2D eigenvalue weighted by Crippen LogP contribution is 2.32. The number of amides is 1. The molecule has 36 heavy (non-hydrogen) atoms. The number of aromatic nitrogens is 2. The van der Waals surface area contributed by atoms with Gasteiger partial charge in [0, 0.05) is 54.4 Å². The molecule has 9 nitrogen and oxygen atoms in total. The number of anilines is 1. The van der Waals surface area contributed by atoms with E-state index in [1.165, 1.54) is 6.07 Å². The molecule has 186 valence electrons. The van der Waals surface area contributed by atoms with Gasteiger partial charge >= 0.3 is 0 Å². The molecule has 0 N–H and O–H groups in total. The average Bonchev–Trinajstić information content (AvgIpc) is 2.87. The van der Waals surface area contributed by atoms with Crippen LogP contribution >= 0.6 is 0 Å². The zero-order valence-corrected chi connectivity index (χ0v) is 20.7. The molecule has 0 radical (unpaired) electrons. The number of hydrogen-bond acceptors (Lipinski definition) is 7. The van der Waals surface area contributed by atoms with Gasteiger partial charge in [-0.2, -0.15) is 0 Å². The molecule has 0 saturated carbocycles. The van der Waals surface area contributed by atoms with Crippen LogP contribution in [0.5, 0.6) is 0 Å². The summed E-state index contributed by atoms with van der Waals surface area (Å²) in [4.78, 5) is 38.2. The van der Waals surface area contributed by atoms with Gasteiger partial charge in [-0.15, -0.1) is 0 Å². The molecule has 1 amide bonds. The van der Waals surface area contributed by atoms with Crippen LogP contribution in [-0.2, 0) is 17.7 Å². The summed E-state index contributed by atoms with van der Waals surface area (Å²) < 4.78 is 5.95. The predicted molar refractivity (Wildman–Crippen MR) is 136 cm³/mol. The van der Waals surface area contributed by atoms with Crippen LogP contribution in [0.2, 0.25) is 0 Å². The Balaban J connectivity index is 1.52. The summed E-state index contributed by atoms with van der Waals surface area (Å²) in [5.74, 6) is 1.27. The lowest BCUT2D eigenvalue weighted by Gasteiger charge is -2.39. The zero-order chi connectivity index (χ0) is 25.4. The monoisotopic (exact) mass is 487 g/mol. The molecular weight excluding hydrogens is 458 g/mol. The van der Waals surface area contributed by atoms with E-state index >= 15 is 0 Å². The number of nitro benzene ring substituents is 1. The van der Waals surface area contributed by atoms with Crippen LogP contribution in [0.1, 0.15) is 41.0 Å². The number of carbonyl (C=O) groups excluding carboxylic acids is 1. The third-order valence-corrected chi connectivity index (χ3v) is 6.73. The molecule has 2 aromatic carbocycles. The number of benzene rings is 2. The van der Waals surface area contributed by atoms with Crippen LogP contribution < -0.4 is 4.90 Å². The molecule has 3 aromatic rings. The van der Waals surface area contributed by atoms with Crippen molar-refractivity contribution in [1.82, 2.24) is 14.9 Å². The van der Waals surface area contributed by atoms with Crippen LogP contribution in [0.15, 0.2) is 48.5 Å². The maximum absolute atomic E-state index is 13.4. The SMILES string of the molecule is Cc1ccc(C(=O)N2CCc3nc(-c4ccccc4)nc(N4CC(C)OC(C)C4)c3C2)cc1[N+](=O)[O-]. The van der Waals surface area contributed by atoms with Crippen molar-refractivity contribution in [1.29, 1.82) is 0 Å². The van der Waals surface area contributed by atoms with Crippen LogP contribution in [0.25, 0.3) is 11.4 Å². The summed E-state index contributed by atoms with van der Waals surface area (Å²) in [5.41, 5.74) is 3.60. The van der Waals surface area contributed by atoms with Crippen molar-refractivity contribution in [3.8, 4) is 11.4 Å². The molecular formula is C27H29N5O4. The van der Waals surface area contributed by atoms with E-state index in [9.17, 15) is 14.9 Å². The number of aryl methyl sites for hydroxylation is 1. The van der Waals surface area contributed by atoms with Gasteiger partial charge in [0.1, 0.15) is 5.82 Å². The maximum Gasteiger partial charge on any atom is 0.273 e. The molecule has 2 aliphatic rings. The second kappa shape index (κ2) is 9.66. The lowest BCUT2D eigenvalue weighted by Crippen LogP contribution is -2.47. The average molecular weight is 488 g/mol. The number of morpholine rings is 1. The van der Waals surface area contributed by atoms with Gasteiger partial charge in [0.05, 0.1) is 29.4 Å². The summed E-state index contributed by atoms with van der Waals surface area (Å²) in [7, 11) is 0. The van der Waals surface area contributed by atoms with Crippen molar-refractivity contribution in [2.75, 3.05) is 24.5 Å². The first kappa shape index (κ1) is 23.9. The van der Waals surface area contributed by atoms with E-state index < -0.39 is 4.92 Å². The smallest absolute Gasteiger partial charge is 0.273 e. The Morgan fingerprint density at radius 2 is 1.81 bits per heavy atom. The molecule has 1 saturated heterocycles. The van der Waals surface area contributed by atoms with Crippen LogP contribution in [0.4, 0.5) is 11.5 Å². The van der Waals surface area contributed by atoms with E-state index in [0.29, 0.717) is 49.6 Å². The quantitative estimate of drug-likeness (QED) is 0.402. The van der Waals surface area contributed by atoms with Gasteiger partial charge in [0.25, 0.3) is 11.6 Å². The number of rotatable bonds is 4. The molecule has 3 heterocycles. The minimum Gasteiger partial charge on any atom is -0.372 e. The van der Waals surface area contributed by atoms with E-state index in [1.54, 1.807) is 24.0 Å². The highest BCUT2D eigenvalue weighted by Gasteiger charge is 2.32. The van der Waals surface area contributed by atoms with Gasteiger partial charge in [-0.25, -0.2) is 9.97 Å². The standard InChI is InChI=1S/C27H29N5O4/c1-17-9-10-21(13-24(17)32(34)35)27(33)30-12-11-23-22(16-30)26(31-14-18(2)36-19(3)15-31)29-25(28-23)20-7-5-4-6-8-20/h4-10,13,18-19H,11-12,14-16H2,1-3H3. The third-order valence-electron chi connectivity index (χ3n) is 6.73. The van der Waals surface area contributed by atoms with Crippen LogP contribution in [-0.4, -0.2) is 57.5 Å². The highest BCUT2D eigenvalue weighted by molar-refractivity contribution is 5.95. The van der Waals surface area contributed by atoms with Gasteiger partial charge in [0.2, 0.25) is 0 Å². The summed E-state index contributed by atoms with van der Waals surface area (Å²) in [6.45, 7) is 7.99. The van der Waals surface area contributed by atoms with Crippen LogP contribution in [0.3, 0.4) is 0 Å². The zero-order valence-electron chi connectivity index (χ0n) is 20.7. The van der Waals surface area contributed by atoms with Gasteiger partial charge in [0.15, 0.2) is 5.82 Å². The molecule has 1 aromatic heterocycles. The van der Waals surface area contributed by atoms with Gasteiger partial charge < -0.3 is 14.5 Å². The van der Waals surface area contributed by atoms with E-state index in [-0.39, 0.29) is 23.8 Å². The Morgan fingerprint density at radius 3 is 2.50 bits per heavy atom. The topological polar surface area (TPSA) is 102 Å². The molecule has 0 spiro atoms. The number of nitro groups is 1. The van der Waals surface area contributed by atoms with E-state index in [2.05, 4.69) is 18.7 Å². The first-order valence-corrected chi connectivity index (χ1v) is 12.2. The fourth-order valence-corrected chi connectivity index (χ4v) is 5.02. The van der Waals surface area contributed by atoms with Crippen molar-refractivity contribution < 1.29 is 14.5 Å². The summed E-state index contributed by atoms with van der Waals surface area (Å²) in [6.07, 6.45) is 0.683. The number of hydrogen-bond donors (Lipinski definition) is 0. The molecule has 1 fully saturated rings. The Morgan fingerprint density at radius 1 is 1.08 bits per heavy atom. The summed E-state index contributed by atoms with van der Waals surface area (Å²) in [6, 6.07) is 14.6. The van der Waals surface area contributed by atoms with Gasteiger partial charge in [-0.05, 0) is 26.8 Å². The first-order chi connectivity index (χ1) is 17.3. The highest BCUT2D eigenvalue weighted by atomic mass is 16.6. The maximum atomic E-state index is 13.4. The van der Waals surface area contributed by atoms with Crippen molar-refractivity contribution in [2.45, 2.75) is 45.9 Å². The van der Waals surface area contributed by atoms with Crippen molar-refractivity contribution in [3.05, 3.63) is 81.0 Å². The molecule has 2 aliphatic heterocycles. The Kier molecular flexibility index (Phi) is 6.40. The minimum atomic E-state index is -0.449. The lowest BCUT2D eigenvalue weighted by atomic mass is 10.0. The number of fused-ring (bicyclic) bond motifs is 1. The predicted octanol–water partition coefficient (Wildman–Crippen LogP) is 4.17. The molecule has 5 rings (SSSR count). The lowest BCUT2D eigenvalue weighted by molar-refractivity contribution is -0.385. The number of nitrogens with zero attached hydrogens (tertiary/aromatic N) is 5. The Hall–Kier alpha value is -3.85. The fraction of sp³-hybridized carbons (Fsp3) is 0.370. The second-order valence-electron chi connectivity index (χ2n) is 9.56. The molecule has 2 atom stereocenters. The summed E-state index contributed by atoms with van der Waals surface area (Å²) in [5, 5.41) is 11.4. The van der Waals surface area contributed by atoms with Crippen molar-refractivity contribution in [2.24, 2.45) is 0 Å². The number of carbonyl (C=O) groups is 1. The summed E-state index contributed by atoms with van der Waals surface area (Å²) >= 11 is 0. The third kappa shape index (κ3) is 4.66. The van der Waals surface area contributed by atoms with Crippen LogP contribution in [0, 0.1) is 17.0 Å². The first-order valence-electron chi connectivity index (χ1n) is 12.2. The number of ether oxygens (including phenoxy) is 1. The minimum absolute atomic E-state index is 0.0499. The van der Waals surface area contributed by atoms with Crippen molar-refractivity contribution in [3.63, 3.8) is 0 Å². The van der Waals surface area contributed by atoms with Crippen molar-refractivity contribution >= 4 is 17.4 Å². The second-order valence-corrected chi connectivity index (χ2v) is 9.56. The molecule has 0 aliphatic carbocycles. The molecule has 9 heteroatoms. The van der Waals surface area contributed by atoms with E-state index in [1.807, 2.05) is 30.3 Å². The normalized spacial score (nSPS) is 19.6. The van der Waals surface area contributed by atoms with Gasteiger partial charge in [-0.3, -0.25) is 14.9 Å². The molecule has 0 bridgehead atoms. The molecule has 2 unspecified atom stereocenters. The Labute approximate surface area is 209 Å². The fourth-order valence-electron chi connectivity index (χ4n) is 5.02. The van der Waals surface area contributed by atoms with Gasteiger partial charge in [-0.1, -0.05) is 36.4 Å². The van der Waals surface area contributed by atoms with E-state index in [0.717, 1.165) is 22.6 Å².